The minimum absolute atomic E-state index is 0.217. The van der Waals surface area contributed by atoms with Gasteiger partial charge in [0.2, 0.25) is 5.76 Å². The van der Waals surface area contributed by atoms with Crippen LogP contribution in [0.1, 0.15) is 61.2 Å². The van der Waals surface area contributed by atoms with Crippen LogP contribution in [0.4, 0.5) is 0 Å². The molecule has 1 heterocycles. The first kappa shape index (κ1) is 14.6. The van der Waals surface area contributed by atoms with Crippen molar-refractivity contribution >= 4 is 5.91 Å². The average molecular weight is 275 g/mol. The molecule has 1 saturated carbocycles. The Bertz CT molecular complexity index is 534. The number of carbonyl (C=O) groups excluding carboxylic acids is 1. The maximum atomic E-state index is 12.3. The van der Waals surface area contributed by atoms with E-state index in [1.165, 1.54) is 0 Å². The van der Waals surface area contributed by atoms with Crippen LogP contribution in [-0.4, -0.2) is 16.4 Å². The smallest absolute Gasteiger partial charge is 0.290 e. The first-order valence-electron chi connectivity index (χ1n) is 7.17. The van der Waals surface area contributed by atoms with E-state index in [4.69, 9.17) is 4.42 Å². The summed E-state index contributed by atoms with van der Waals surface area (Å²) < 4.78 is 5.32. The summed E-state index contributed by atoms with van der Waals surface area (Å²) in [5, 5.41) is 12.3. The van der Waals surface area contributed by atoms with Gasteiger partial charge in [0.25, 0.3) is 5.91 Å². The molecular weight excluding hydrogens is 254 g/mol. The molecule has 1 aliphatic carbocycles. The molecule has 2 rings (SSSR count). The lowest BCUT2D eigenvalue weighted by Crippen LogP contribution is -2.49. The fourth-order valence-corrected chi connectivity index (χ4v) is 2.86. The van der Waals surface area contributed by atoms with Crippen LogP contribution in [0.2, 0.25) is 0 Å². The summed E-state index contributed by atoms with van der Waals surface area (Å²) in [6.07, 6.45) is 4.52. The minimum Gasteiger partial charge on any atom is -0.436 e. The Kier molecular flexibility index (Phi) is 4.12. The Morgan fingerprint density at radius 1 is 1.50 bits per heavy atom. The van der Waals surface area contributed by atoms with Crippen molar-refractivity contribution in [2.75, 3.05) is 0 Å². The lowest BCUT2D eigenvalue weighted by Gasteiger charge is -2.35. The van der Waals surface area contributed by atoms with E-state index in [-0.39, 0.29) is 11.7 Å². The van der Waals surface area contributed by atoms with Crippen LogP contribution in [0.15, 0.2) is 4.42 Å². The van der Waals surface area contributed by atoms with E-state index < -0.39 is 5.54 Å². The van der Waals surface area contributed by atoms with E-state index in [1.807, 2.05) is 0 Å². The highest BCUT2D eigenvalue weighted by Gasteiger charge is 2.37. The summed E-state index contributed by atoms with van der Waals surface area (Å²) >= 11 is 0. The van der Waals surface area contributed by atoms with Crippen LogP contribution in [0.5, 0.6) is 0 Å². The van der Waals surface area contributed by atoms with Crippen LogP contribution >= 0.6 is 0 Å². The van der Waals surface area contributed by atoms with Crippen LogP contribution in [0.25, 0.3) is 0 Å². The number of amides is 1. The van der Waals surface area contributed by atoms with Crippen LogP contribution in [-0.2, 0) is 0 Å². The van der Waals surface area contributed by atoms with Crippen molar-refractivity contribution < 1.29 is 9.21 Å². The van der Waals surface area contributed by atoms with Crippen molar-refractivity contribution in [2.24, 2.45) is 5.92 Å². The number of nitriles is 1. The van der Waals surface area contributed by atoms with Gasteiger partial charge in [-0.05, 0) is 38.5 Å². The van der Waals surface area contributed by atoms with Gasteiger partial charge in [-0.25, -0.2) is 4.98 Å². The summed E-state index contributed by atoms with van der Waals surface area (Å²) in [6.45, 7) is 5.61. The van der Waals surface area contributed by atoms with E-state index >= 15 is 0 Å². The van der Waals surface area contributed by atoms with Gasteiger partial charge in [-0.1, -0.05) is 13.3 Å². The number of hydrogen-bond acceptors (Lipinski definition) is 4. The van der Waals surface area contributed by atoms with Gasteiger partial charge in [0, 0.05) is 6.92 Å². The summed E-state index contributed by atoms with van der Waals surface area (Å²) in [4.78, 5) is 16.4. The molecule has 1 amide bonds. The van der Waals surface area contributed by atoms with Crippen molar-refractivity contribution in [2.45, 2.75) is 58.4 Å². The molecule has 5 heteroatoms. The second-order valence-electron chi connectivity index (χ2n) is 5.65. The molecule has 0 atom stereocenters. The zero-order valence-electron chi connectivity index (χ0n) is 12.3. The summed E-state index contributed by atoms with van der Waals surface area (Å²) in [5.74, 6) is 1.02. The van der Waals surface area contributed by atoms with E-state index in [1.54, 1.807) is 13.8 Å². The van der Waals surface area contributed by atoms with E-state index in [9.17, 15) is 10.1 Å². The van der Waals surface area contributed by atoms with Gasteiger partial charge in [0.05, 0.1) is 11.8 Å². The highest BCUT2D eigenvalue weighted by molar-refractivity contribution is 5.93. The predicted octanol–water partition coefficient (Wildman–Crippen LogP) is 2.88. The van der Waals surface area contributed by atoms with Crippen molar-refractivity contribution in [3.63, 3.8) is 0 Å². The Morgan fingerprint density at radius 3 is 2.60 bits per heavy atom. The number of aryl methyl sites for hydroxylation is 2. The Labute approximate surface area is 119 Å². The molecule has 1 N–H and O–H groups in total. The second kappa shape index (κ2) is 5.66. The number of aromatic nitrogens is 1. The molecule has 5 nitrogen and oxygen atoms in total. The summed E-state index contributed by atoms with van der Waals surface area (Å²) in [7, 11) is 0. The molecule has 1 aliphatic rings. The molecule has 0 aromatic carbocycles. The number of nitrogens with one attached hydrogen (secondary N) is 1. The van der Waals surface area contributed by atoms with Gasteiger partial charge in [0.15, 0.2) is 5.89 Å². The van der Waals surface area contributed by atoms with Crippen molar-refractivity contribution in [1.82, 2.24) is 10.3 Å². The fourth-order valence-electron chi connectivity index (χ4n) is 2.86. The molecule has 108 valence electrons. The molecule has 0 radical (unpaired) electrons. The van der Waals surface area contributed by atoms with E-state index in [0.29, 0.717) is 30.3 Å². The third-order valence-electron chi connectivity index (χ3n) is 4.21. The topological polar surface area (TPSA) is 78.9 Å². The number of rotatable bonds is 3. The SMILES string of the molecule is CCC1CCC(C#N)(NC(=O)c2oc(C)nc2C)CC1. The maximum absolute atomic E-state index is 12.3. The quantitative estimate of drug-likeness (QED) is 0.919. The second-order valence-corrected chi connectivity index (χ2v) is 5.65. The Balaban J connectivity index is 2.09. The Hall–Kier alpha value is -1.83. The van der Waals surface area contributed by atoms with Gasteiger partial charge < -0.3 is 9.73 Å². The molecule has 1 aromatic rings. The van der Waals surface area contributed by atoms with Crippen molar-refractivity contribution in [1.29, 1.82) is 5.26 Å². The molecule has 0 bridgehead atoms. The van der Waals surface area contributed by atoms with Crippen molar-refractivity contribution in [3.05, 3.63) is 17.3 Å². The zero-order chi connectivity index (χ0) is 14.8. The highest BCUT2D eigenvalue weighted by atomic mass is 16.4. The number of hydrogen-bond donors (Lipinski definition) is 1. The van der Waals surface area contributed by atoms with Crippen LogP contribution < -0.4 is 5.32 Å². The number of carbonyl (C=O) groups is 1. The summed E-state index contributed by atoms with van der Waals surface area (Å²) in [6, 6.07) is 2.29. The van der Waals surface area contributed by atoms with E-state index in [0.717, 1.165) is 19.3 Å². The largest absolute Gasteiger partial charge is 0.436 e. The monoisotopic (exact) mass is 275 g/mol. The molecule has 0 unspecified atom stereocenters. The van der Waals surface area contributed by atoms with Crippen molar-refractivity contribution in [3.8, 4) is 6.07 Å². The van der Waals surface area contributed by atoms with Gasteiger partial charge in [0.1, 0.15) is 5.54 Å². The normalized spacial score (nSPS) is 26.0. The van der Waals surface area contributed by atoms with Gasteiger partial charge >= 0.3 is 0 Å². The lowest BCUT2D eigenvalue weighted by molar-refractivity contribution is 0.0860. The van der Waals surface area contributed by atoms with Gasteiger partial charge in [-0.3, -0.25) is 4.79 Å². The number of oxazole rings is 1. The molecule has 0 saturated heterocycles. The first-order chi connectivity index (χ1) is 9.49. The van der Waals surface area contributed by atoms with Gasteiger partial charge in [-0.2, -0.15) is 5.26 Å². The van der Waals surface area contributed by atoms with E-state index in [2.05, 4.69) is 23.3 Å². The predicted molar refractivity (Wildman–Crippen MR) is 74.0 cm³/mol. The van der Waals surface area contributed by atoms with Gasteiger partial charge in [-0.15, -0.1) is 0 Å². The zero-order valence-corrected chi connectivity index (χ0v) is 12.3. The molecule has 1 aromatic heterocycles. The average Bonchev–Trinajstić information content (AvgIpc) is 2.78. The summed E-state index contributed by atoms with van der Waals surface area (Å²) in [5.41, 5.74) is -0.189. The maximum Gasteiger partial charge on any atom is 0.290 e. The molecule has 1 fully saturated rings. The molecular formula is C15H21N3O2. The van der Waals surface area contributed by atoms with Crippen LogP contribution in [0, 0.1) is 31.1 Å². The molecule has 0 spiro atoms. The molecule has 20 heavy (non-hydrogen) atoms. The molecule has 0 aliphatic heterocycles. The highest BCUT2D eigenvalue weighted by Crippen LogP contribution is 2.33. The third kappa shape index (κ3) is 2.84. The van der Waals surface area contributed by atoms with Crippen LogP contribution in [0.3, 0.4) is 0 Å². The minimum atomic E-state index is -0.754. The number of nitrogens with zero attached hydrogens (tertiary/aromatic N) is 2. The lowest BCUT2D eigenvalue weighted by atomic mass is 9.76. The third-order valence-corrected chi connectivity index (χ3v) is 4.21. The Morgan fingerprint density at radius 2 is 2.15 bits per heavy atom. The first-order valence-corrected chi connectivity index (χ1v) is 7.17. The standard InChI is InChI=1S/C15H21N3O2/c1-4-12-5-7-15(9-16,8-6-12)18-14(19)13-10(2)17-11(3)20-13/h12H,4-8H2,1-3H3,(H,18,19). The fraction of sp³-hybridized carbons (Fsp3) is 0.667.